The van der Waals surface area contributed by atoms with Gasteiger partial charge in [0.15, 0.2) is 5.82 Å². The van der Waals surface area contributed by atoms with Gasteiger partial charge in [0.1, 0.15) is 41.1 Å². The highest BCUT2D eigenvalue weighted by atomic mass is 35.5. The Morgan fingerprint density at radius 3 is 2.38 bits per heavy atom. The van der Waals surface area contributed by atoms with Crippen molar-refractivity contribution in [1.82, 2.24) is 30.0 Å². The predicted octanol–water partition coefficient (Wildman–Crippen LogP) is 7.74. The number of carbonyl (C=O) groups excluding carboxylic acids is 4. The fraction of sp³-hybridized carbons (Fsp3) is 0.435. The first-order valence-corrected chi connectivity index (χ1v) is 22.3. The number of amides is 4. The predicted molar refractivity (Wildman–Crippen MR) is 233 cm³/mol. The number of fused-ring (bicyclic) bond motifs is 2. The number of likely N-dealkylation sites (tertiary alicyclic amines) is 1. The minimum absolute atomic E-state index is 0.0149. The van der Waals surface area contributed by atoms with Crippen molar-refractivity contribution in [2.45, 2.75) is 76.3 Å². The molecule has 8 rings (SSSR count). The van der Waals surface area contributed by atoms with Gasteiger partial charge >= 0.3 is 0 Å². The van der Waals surface area contributed by atoms with E-state index in [0.29, 0.717) is 56.0 Å². The van der Waals surface area contributed by atoms with E-state index in [9.17, 15) is 19.2 Å². The van der Waals surface area contributed by atoms with Crippen molar-refractivity contribution in [3.05, 3.63) is 93.5 Å². The van der Waals surface area contributed by atoms with Crippen LogP contribution in [0.1, 0.15) is 85.2 Å². The van der Waals surface area contributed by atoms with Crippen molar-refractivity contribution in [3.8, 4) is 16.9 Å². The van der Waals surface area contributed by atoms with E-state index in [1.165, 1.54) is 29.4 Å². The molecule has 332 valence electrons. The van der Waals surface area contributed by atoms with E-state index in [1.54, 1.807) is 23.1 Å². The number of imide groups is 1. The number of nitrogens with zero attached hydrogens (tertiary/aromatic N) is 6. The first kappa shape index (κ1) is 44.4. The highest BCUT2D eigenvalue weighted by Gasteiger charge is 2.40. The number of anilines is 1. The number of hydrogen-bond acceptors (Lipinski definition) is 9. The monoisotopic (exact) mass is 905 g/mol. The molecule has 3 aromatic carbocycles. The number of halogens is 5. The fourth-order valence-corrected chi connectivity index (χ4v) is 9.70. The number of aromatic nitrogens is 2. The van der Waals surface area contributed by atoms with Crippen LogP contribution in [0.25, 0.3) is 22.0 Å². The summed E-state index contributed by atoms with van der Waals surface area (Å²) in [5, 5.41) is 2.58. The molecule has 17 heteroatoms. The number of piperazine rings is 1. The van der Waals surface area contributed by atoms with Crippen LogP contribution >= 0.6 is 23.2 Å². The Kier molecular flexibility index (Phi) is 13.5. The molecule has 0 spiro atoms. The van der Waals surface area contributed by atoms with Crippen LogP contribution in [-0.4, -0.2) is 107 Å². The zero-order chi connectivity index (χ0) is 44.4. The molecule has 3 saturated heterocycles. The third kappa shape index (κ3) is 9.37. The van der Waals surface area contributed by atoms with Gasteiger partial charge in [-0.05, 0) is 93.0 Å². The number of carbonyl (C=O) groups is 4. The summed E-state index contributed by atoms with van der Waals surface area (Å²) in [6.45, 7) is 8.23. The molecule has 4 aliphatic rings. The Labute approximate surface area is 373 Å². The van der Waals surface area contributed by atoms with Crippen LogP contribution in [0.2, 0.25) is 5.02 Å². The minimum atomic E-state index is -0.791. The molecule has 12 nitrogen and oxygen atoms in total. The SMILES string of the molecule is C=C(Cl)C(=O)N1CCN(c2ncnc3c(F)c(-c4c(F)cccc4OCCCCCCCN4CCC(c5cc6c(cc5F)C(=O)N(C5CCC(=O)NC5=O)C6)CC4)c(Cl)cc23)CC1. The molecule has 1 atom stereocenters. The largest absolute Gasteiger partial charge is 0.493 e. The molecule has 0 radical (unpaired) electrons. The molecule has 0 bridgehead atoms. The third-order valence-electron chi connectivity index (χ3n) is 12.7. The number of benzene rings is 3. The molecule has 63 heavy (non-hydrogen) atoms. The lowest BCUT2D eigenvalue weighted by Gasteiger charge is -2.35. The Balaban J connectivity index is 0.791. The number of unbranched alkanes of at least 4 members (excludes halogenated alkanes) is 4. The van der Waals surface area contributed by atoms with Gasteiger partial charge in [0.2, 0.25) is 11.8 Å². The number of hydrogen-bond donors (Lipinski definition) is 1. The Bertz CT molecular complexity index is 2460. The highest BCUT2D eigenvalue weighted by molar-refractivity contribution is 6.41. The van der Waals surface area contributed by atoms with Gasteiger partial charge in [-0.1, -0.05) is 61.2 Å². The maximum atomic E-state index is 16.4. The zero-order valence-electron chi connectivity index (χ0n) is 34.7. The standard InChI is InChI=1S/C46H48Cl2F3N7O5/c1-27(47)45(61)57-19-17-56(18-20-57)43-32-23-33(48)39(41(51)42(32)52-26-53-43)40-34(49)8-7-9-37(40)63-21-6-4-2-3-5-14-55-15-12-28(13-16-55)30-22-29-25-58(46(62)31(29)24-35(30)50)36-10-11-38(59)54-44(36)60/h7-9,22-24,26,28,36H,1-6,10-21,25H2,(H,54,59,60). The molecule has 0 aliphatic carbocycles. The van der Waals surface area contributed by atoms with Crippen LogP contribution in [0.5, 0.6) is 5.75 Å². The molecule has 0 saturated carbocycles. The van der Waals surface area contributed by atoms with E-state index < -0.39 is 29.4 Å². The van der Waals surface area contributed by atoms with Gasteiger partial charge in [-0.15, -0.1) is 0 Å². The fourth-order valence-electron chi connectivity index (χ4n) is 9.30. The van der Waals surface area contributed by atoms with Gasteiger partial charge in [-0.2, -0.15) is 0 Å². The molecule has 1 unspecified atom stereocenters. The normalized spacial score (nSPS) is 18.6. The quantitative estimate of drug-likeness (QED) is 0.0768. The highest BCUT2D eigenvalue weighted by Crippen LogP contribution is 2.43. The summed E-state index contributed by atoms with van der Waals surface area (Å²) < 4.78 is 53.4. The molecule has 1 aromatic heterocycles. The average molecular weight is 907 g/mol. The number of nitrogens with one attached hydrogen (secondary N) is 1. The second kappa shape index (κ2) is 19.2. The lowest BCUT2D eigenvalue weighted by Crippen LogP contribution is -2.52. The Morgan fingerprint density at radius 2 is 1.63 bits per heavy atom. The molecule has 4 amide bonds. The van der Waals surface area contributed by atoms with E-state index in [-0.39, 0.29) is 81.0 Å². The summed E-state index contributed by atoms with van der Waals surface area (Å²) in [6.07, 6.45) is 7.89. The maximum Gasteiger partial charge on any atom is 0.264 e. The van der Waals surface area contributed by atoms with Crippen molar-refractivity contribution in [2.75, 3.05) is 57.3 Å². The smallest absolute Gasteiger partial charge is 0.264 e. The minimum Gasteiger partial charge on any atom is -0.493 e. The lowest BCUT2D eigenvalue weighted by atomic mass is 9.87. The van der Waals surface area contributed by atoms with Crippen LogP contribution in [0.15, 0.2) is 54.3 Å². The number of ether oxygens (including phenoxy) is 1. The Hall–Kier alpha value is -5.25. The van der Waals surface area contributed by atoms with Crippen molar-refractivity contribution in [3.63, 3.8) is 0 Å². The van der Waals surface area contributed by atoms with E-state index >= 15 is 13.2 Å². The summed E-state index contributed by atoms with van der Waals surface area (Å²) in [5.74, 6) is -2.75. The van der Waals surface area contributed by atoms with E-state index in [2.05, 4.69) is 26.8 Å². The second-order valence-corrected chi connectivity index (χ2v) is 17.5. The first-order chi connectivity index (χ1) is 30.4. The molecule has 3 fully saturated rings. The van der Waals surface area contributed by atoms with Gasteiger partial charge in [0.25, 0.3) is 11.8 Å². The molecular weight excluding hydrogens is 858 g/mol. The maximum absolute atomic E-state index is 16.4. The molecule has 1 N–H and O–H groups in total. The van der Waals surface area contributed by atoms with Crippen LogP contribution in [-0.2, 0) is 20.9 Å². The summed E-state index contributed by atoms with van der Waals surface area (Å²) in [4.78, 5) is 65.4. The van der Waals surface area contributed by atoms with Crippen LogP contribution in [0, 0.1) is 17.5 Å². The molecule has 4 aliphatic heterocycles. The van der Waals surface area contributed by atoms with E-state index in [1.807, 2.05) is 4.90 Å². The lowest BCUT2D eigenvalue weighted by molar-refractivity contribution is -0.137. The third-order valence-corrected chi connectivity index (χ3v) is 13.1. The molecule has 4 aromatic rings. The van der Waals surface area contributed by atoms with Gasteiger partial charge in [-0.3, -0.25) is 24.5 Å². The molecule has 5 heterocycles. The van der Waals surface area contributed by atoms with Crippen molar-refractivity contribution in [1.29, 1.82) is 0 Å². The van der Waals surface area contributed by atoms with Crippen LogP contribution in [0.3, 0.4) is 0 Å². The van der Waals surface area contributed by atoms with Gasteiger partial charge in [0.05, 0.1) is 22.2 Å². The van der Waals surface area contributed by atoms with Crippen LogP contribution < -0.4 is 15.0 Å². The second-order valence-electron chi connectivity index (χ2n) is 16.6. The summed E-state index contributed by atoms with van der Waals surface area (Å²) in [6, 6.07) is 8.27. The van der Waals surface area contributed by atoms with Crippen molar-refractivity contribution < 1.29 is 37.1 Å². The number of rotatable bonds is 14. The van der Waals surface area contributed by atoms with Gasteiger partial charge < -0.3 is 24.3 Å². The van der Waals surface area contributed by atoms with Crippen LogP contribution in [0.4, 0.5) is 19.0 Å². The van der Waals surface area contributed by atoms with Crippen molar-refractivity contribution >= 4 is 63.6 Å². The topological polar surface area (TPSA) is 128 Å². The number of piperidine rings is 2. The Morgan fingerprint density at radius 1 is 0.889 bits per heavy atom. The van der Waals surface area contributed by atoms with E-state index in [0.717, 1.165) is 63.7 Å². The van der Waals surface area contributed by atoms with E-state index in [4.69, 9.17) is 27.9 Å². The van der Waals surface area contributed by atoms with Crippen molar-refractivity contribution in [2.24, 2.45) is 0 Å². The average Bonchev–Trinajstić information content (AvgIpc) is 3.58. The first-order valence-electron chi connectivity index (χ1n) is 21.5. The summed E-state index contributed by atoms with van der Waals surface area (Å²) in [7, 11) is 0. The molecular formula is C46H48Cl2F3N7O5. The van der Waals surface area contributed by atoms with Gasteiger partial charge in [-0.25, -0.2) is 23.1 Å². The summed E-state index contributed by atoms with van der Waals surface area (Å²) in [5.41, 5.74) is 1.39. The van der Waals surface area contributed by atoms with Gasteiger partial charge in [0, 0.05) is 55.7 Å². The zero-order valence-corrected chi connectivity index (χ0v) is 36.3. The summed E-state index contributed by atoms with van der Waals surface area (Å²) >= 11 is 12.5.